The summed E-state index contributed by atoms with van der Waals surface area (Å²) in [6, 6.07) is 20.3. The molecular formula is C21H18N2O3S. The van der Waals surface area contributed by atoms with E-state index in [1.165, 1.54) is 6.07 Å². The van der Waals surface area contributed by atoms with Crippen LogP contribution in [0.5, 0.6) is 5.75 Å². The number of rotatable bonds is 4. The van der Waals surface area contributed by atoms with E-state index >= 15 is 0 Å². The third-order valence-electron chi connectivity index (χ3n) is 4.27. The molecule has 0 aliphatic carbocycles. The Morgan fingerprint density at radius 2 is 1.85 bits per heavy atom. The van der Waals surface area contributed by atoms with Crippen molar-refractivity contribution in [3.63, 3.8) is 0 Å². The van der Waals surface area contributed by atoms with Gasteiger partial charge in [-0.1, -0.05) is 30.3 Å². The van der Waals surface area contributed by atoms with Crippen molar-refractivity contribution in [3.8, 4) is 5.75 Å². The van der Waals surface area contributed by atoms with Crippen molar-refractivity contribution in [3.05, 3.63) is 88.8 Å². The summed E-state index contributed by atoms with van der Waals surface area (Å²) in [4.78, 5) is 25.3. The minimum atomic E-state index is -0.521. The number of fused-ring (bicyclic) bond motifs is 1. The fraction of sp³-hybridized carbons (Fsp3) is 0.143. The quantitative estimate of drug-likeness (QED) is 0.756. The number of aromatic nitrogens is 1. The number of hydrogen-bond acceptors (Lipinski definition) is 4. The first-order chi connectivity index (χ1) is 13.2. The van der Waals surface area contributed by atoms with Crippen LogP contribution in [0, 0.1) is 0 Å². The molecule has 3 aromatic rings. The number of amides is 1. The van der Waals surface area contributed by atoms with E-state index in [9.17, 15) is 9.59 Å². The summed E-state index contributed by atoms with van der Waals surface area (Å²) < 4.78 is 7.45. The number of anilines is 1. The molecule has 0 saturated heterocycles. The van der Waals surface area contributed by atoms with Gasteiger partial charge in [0.25, 0.3) is 11.5 Å². The smallest absolute Gasteiger partial charge is 0.266 e. The summed E-state index contributed by atoms with van der Waals surface area (Å²) in [5.74, 6) is 1.17. The maximum absolute atomic E-state index is 12.5. The van der Waals surface area contributed by atoms with Crippen molar-refractivity contribution in [1.29, 1.82) is 0 Å². The highest BCUT2D eigenvalue weighted by atomic mass is 32.2. The molecule has 1 aromatic heterocycles. The summed E-state index contributed by atoms with van der Waals surface area (Å²) >= 11 is 1.62. The summed E-state index contributed by atoms with van der Waals surface area (Å²) in [7, 11) is 0. The van der Waals surface area contributed by atoms with Gasteiger partial charge in [0.15, 0.2) is 6.10 Å². The van der Waals surface area contributed by atoms with Gasteiger partial charge in [0.2, 0.25) is 0 Å². The van der Waals surface area contributed by atoms with Crippen LogP contribution in [0.1, 0.15) is 5.56 Å². The summed E-state index contributed by atoms with van der Waals surface area (Å²) in [6.45, 7) is 0.493. The Balaban J connectivity index is 1.39. The molecule has 136 valence electrons. The molecule has 0 radical (unpaired) electrons. The van der Waals surface area contributed by atoms with Crippen LogP contribution in [-0.2, 0) is 11.3 Å². The van der Waals surface area contributed by atoms with E-state index in [4.69, 9.17) is 4.74 Å². The zero-order valence-electron chi connectivity index (χ0n) is 14.5. The molecule has 1 N–H and O–H groups in total. The van der Waals surface area contributed by atoms with Gasteiger partial charge in [0, 0.05) is 28.6 Å². The Hall–Kier alpha value is -2.99. The van der Waals surface area contributed by atoms with E-state index in [2.05, 4.69) is 5.32 Å². The third-order valence-corrected chi connectivity index (χ3v) is 5.39. The maximum Gasteiger partial charge on any atom is 0.266 e. The molecule has 0 spiro atoms. The lowest BCUT2D eigenvalue weighted by atomic mass is 10.2. The highest BCUT2D eigenvalue weighted by Crippen LogP contribution is 2.35. The van der Waals surface area contributed by atoms with Gasteiger partial charge < -0.3 is 14.6 Å². The van der Waals surface area contributed by atoms with Crippen molar-refractivity contribution in [2.24, 2.45) is 0 Å². The number of nitrogens with zero attached hydrogens (tertiary/aromatic N) is 1. The molecule has 2 aromatic carbocycles. The number of nitrogens with one attached hydrogen (secondary N) is 1. The van der Waals surface area contributed by atoms with Crippen LogP contribution >= 0.6 is 11.8 Å². The fourth-order valence-electron chi connectivity index (χ4n) is 2.85. The average Bonchev–Trinajstić information content (AvgIpc) is 2.71. The van der Waals surface area contributed by atoms with E-state index in [1.807, 2.05) is 54.6 Å². The largest absolute Gasteiger partial charge is 0.479 e. The van der Waals surface area contributed by atoms with Gasteiger partial charge in [-0.05, 0) is 35.9 Å². The Morgan fingerprint density at radius 3 is 2.67 bits per heavy atom. The van der Waals surface area contributed by atoms with Crippen LogP contribution in [0.4, 0.5) is 5.69 Å². The molecular weight excluding hydrogens is 360 g/mol. The number of thioether (sulfide) groups is 1. The van der Waals surface area contributed by atoms with E-state index in [1.54, 1.807) is 28.6 Å². The molecule has 2 heterocycles. The minimum absolute atomic E-state index is 0.0397. The van der Waals surface area contributed by atoms with Crippen LogP contribution in [0.15, 0.2) is 82.6 Å². The molecule has 27 heavy (non-hydrogen) atoms. The topological polar surface area (TPSA) is 60.3 Å². The van der Waals surface area contributed by atoms with E-state index in [0.717, 1.165) is 16.2 Å². The van der Waals surface area contributed by atoms with Crippen molar-refractivity contribution in [2.75, 3.05) is 11.1 Å². The predicted molar refractivity (Wildman–Crippen MR) is 106 cm³/mol. The van der Waals surface area contributed by atoms with E-state index in [-0.39, 0.29) is 11.5 Å². The molecule has 6 heteroatoms. The van der Waals surface area contributed by atoms with Gasteiger partial charge in [0.1, 0.15) is 5.75 Å². The first-order valence-electron chi connectivity index (χ1n) is 8.63. The molecule has 1 aliphatic heterocycles. The first-order valence-corrected chi connectivity index (χ1v) is 9.61. The normalized spacial score (nSPS) is 15.5. The number of hydrogen-bond donors (Lipinski definition) is 1. The molecule has 1 atom stereocenters. The number of carbonyl (C=O) groups is 1. The molecule has 0 fully saturated rings. The highest BCUT2D eigenvalue weighted by molar-refractivity contribution is 7.99. The van der Waals surface area contributed by atoms with Gasteiger partial charge in [-0.3, -0.25) is 9.59 Å². The van der Waals surface area contributed by atoms with Gasteiger partial charge in [-0.15, -0.1) is 11.8 Å². The standard InChI is InChI=1S/C21H18N2O3S/c24-20-7-3-4-12-23(20)13-15-8-10-16(11-9-15)22-21(25)18-14-27-19-6-2-1-5-17(19)26-18/h1-12,18H,13-14H2,(H,22,25). The Kier molecular flexibility index (Phi) is 4.98. The Bertz CT molecular complexity index is 1010. The molecule has 4 rings (SSSR count). The summed E-state index contributed by atoms with van der Waals surface area (Å²) in [6.07, 6.45) is 1.24. The summed E-state index contributed by atoms with van der Waals surface area (Å²) in [5.41, 5.74) is 1.65. The second-order valence-electron chi connectivity index (χ2n) is 6.22. The summed E-state index contributed by atoms with van der Waals surface area (Å²) in [5, 5.41) is 2.90. The number of pyridine rings is 1. The van der Waals surface area contributed by atoms with Crippen LogP contribution in [-0.4, -0.2) is 22.3 Å². The highest BCUT2D eigenvalue weighted by Gasteiger charge is 2.26. The Morgan fingerprint density at radius 1 is 1.07 bits per heavy atom. The van der Waals surface area contributed by atoms with Crippen LogP contribution < -0.4 is 15.6 Å². The van der Waals surface area contributed by atoms with E-state index < -0.39 is 6.10 Å². The SMILES string of the molecule is O=C(Nc1ccc(Cn2ccccc2=O)cc1)C1CSc2ccccc2O1. The van der Waals surface area contributed by atoms with Crippen molar-refractivity contribution >= 4 is 23.4 Å². The monoisotopic (exact) mass is 378 g/mol. The van der Waals surface area contributed by atoms with Crippen LogP contribution in [0.25, 0.3) is 0 Å². The van der Waals surface area contributed by atoms with Crippen LogP contribution in [0.3, 0.4) is 0 Å². The lowest BCUT2D eigenvalue weighted by Gasteiger charge is -2.24. The molecule has 0 saturated carbocycles. The second-order valence-corrected chi connectivity index (χ2v) is 7.28. The number of ether oxygens (including phenoxy) is 1. The molecule has 1 unspecified atom stereocenters. The van der Waals surface area contributed by atoms with Crippen molar-refractivity contribution < 1.29 is 9.53 Å². The van der Waals surface area contributed by atoms with E-state index in [0.29, 0.717) is 18.0 Å². The maximum atomic E-state index is 12.5. The Labute approximate surface area is 161 Å². The minimum Gasteiger partial charge on any atom is -0.479 e. The lowest BCUT2D eigenvalue weighted by molar-refractivity contribution is -0.122. The molecule has 1 amide bonds. The van der Waals surface area contributed by atoms with Gasteiger partial charge >= 0.3 is 0 Å². The van der Waals surface area contributed by atoms with Crippen molar-refractivity contribution in [2.45, 2.75) is 17.5 Å². The van der Waals surface area contributed by atoms with Crippen LogP contribution in [0.2, 0.25) is 0 Å². The zero-order chi connectivity index (χ0) is 18.6. The van der Waals surface area contributed by atoms with Crippen molar-refractivity contribution in [1.82, 2.24) is 4.57 Å². The lowest BCUT2D eigenvalue weighted by Crippen LogP contribution is -2.36. The van der Waals surface area contributed by atoms with Gasteiger partial charge in [-0.25, -0.2) is 0 Å². The molecule has 5 nitrogen and oxygen atoms in total. The average molecular weight is 378 g/mol. The number of carbonyl (C=O) groups excluding carboxylic acids is 1. The van der Waals surface area contributed by atoms with Gasteiger partial charge in [-0.2, -0.15) is 0 Å². The number of benzene rings is 2. The van der Waals surface area contributed by atoms with Gasteiger partial charge in [0.05, 0.1) is 6.54 Å². The number of para-hydroxylation sites is 1. The third kappa shape index (κ3) is 4.06. The molecule has 1 aliphatic rings. The zero-order valence-corrected chi connectivity index (χ0v) is 15.3. The molecule has 0 bridgehead atoms. The fourth-order valence-corrected chi connectivity index (χ4v) is 3.84. The first kappa shape index (κ1) is 17.4. The predicted octanol–water partition coefficient (Wildman–Crippen LogP) is 3.39. The second kappa shape index (κ2) is 7.72.